The summed E-state index contributed by atoms with van der Waals surface area (Å²) in [4.78, 5) is 0. The molecule has 2 aliphatic heterocycles. The van der Waals surface area contributed by atoms with Gasteiger partial charge in [0.25, 0.3) is 0 Å². The molecule has 0 bridgehead atoms. The van der Waals surface area contributed by atoms with Crippen molar-refractivity contribution in [1.82, 2.24) is 5.32 Å². The summed E-state index contributed by atoms with van der Waals surface area (Å²) in [6, 6.07) is 2.93. The van der Waals surface area contributed by atoms with Gasteiger partial charge in [-0.3, -0.25) is 0 Å². The van der Waals surface area contributed by atoms with Crippen molar-refractivity contribution in [3.63, 3.8) is 0 Å². The Morgan fingerprint density at radius 1 is 1.36 bits per heavy atom. The van der Waals surface area contributed by atoms with Gasteiger partial charge in [0, 0.05) is 25.8 Å². The molecular formula is C11H18N2O. The molecule has 2 heterocycles. The molecular weight excluding hydrogens is 176 g/mol. The Morgan fingerprint density at radius 3 is 2.79 bits per heavy atom. The quantitative estimate of drug-likeness (QED) is 0.720. The summed E-state index contributed by atoms with van der Waals surface area (Å²) in [5, 5.41) is 12.2. The molecule has 2 rings (SSSR count). The van der Waals surface area contributed by atoms with Crippen LogP contribution in [0.5, 0.6) is 0 Å². The first-order valence-electron chi connectivity index (χ1n) is 5.59. The number of rotatable bonds is 2. The van der Waals surface area contributed by atoms with Crippen molar-refractivity contribution in [3.05, 3.63) is 0 Å². The van der Waals surface area contributed by atoms with Crippen LogP contribution in [-0.2, 0) is 4.74 Å². The molecule has 0 saturated carbocycles. The molecule has 0 aromatic heterocycles. The molecule has 3 nitrogen and oxygen atoms in total. The molecule has 0 radical (unpaired) electrons. The zero-order valence-electron chi connectivity index (χ0n) is 8.54. The zero-order valence-corrected chi connectivity index (χ0v) is 8.54. The van der Waals surface area contributed by atoms with E-state index in [0.717, 1.165) is 32.1 Å². The van der Waals surface area contributed by atoms with Gasteiger partial charge in [-0.15, -0.1) is 0 Å². The Labute approximate surface area is 85.4 Å². The first-order valence-corrected chi connectivity index (χ1v) is 5.59. The van der Waals surface area contributed by atoms with Gasteiger partial charge in [-0.1, -0.05) is 0 Å². The van der Waals surface area contributed by atoms with E-state index in [4.69, 9.17) is 10.00 Å². The second kappa shape index (κ2) is 4.77. The van der Waals surface area contributed by atoms with Gasteiger partial charge in [-0.2, -0.15) is 5.26 Å². The predicted molar refractivity (Wildman–Crippen MR) is 53.7 cm³/mol. The maximum Gasteiger partial charge on any atom is 0.0669 e. The van der Waals surface area contributed by atoms with Crippen LogP contribution in [0, 0.1) is 23.2 Å². The summed E-state index contributed by atoms with van der Waals surface area (Å²) < 4.78 is 5.33. The fourth-order valence-electron chi connectivity index (χ4n) is 2.48. The van der Waals surface area contributed by atoms with E-state index >= 15 is 0 Å². The summed E-state index contributed by atoms with van der Waals surface area (Å²) in [5.74, 6) is 1.07. The van der Waals surface area contributed by atoms with Crippen LogP contribution >= 0.6 is 0 Å². The van der Waals surface area contributed by atoms with Gasteiger partial charge in [-0.25, -0.2) is 0 Å². The fraction of sp³-hybridized carbons (Fsp3) is 0.909. The largest absolute Gasteiger partial charge is 0.381 e. The highest BCUT2D eigenvalue weighted by Gasteiger charge is 2.26. The number of ether oxygens (including phenoxy) is 1. The SMILES string of the molecule is N#CC1CNC(CC2CCOCC2)C1. The van der Waals surface area contributed by atoms with E-state index in [9.17, 15) is 0 Å². The minimum absolute atomic E-state index is 0.250. The van der Waals surface area contributed by atoms with E-state index in [1.54, 1.807) is 0 Å². The average molecular weight is 194 g/mol. The highest BCUT2D eigenvalue weighted by molar-refractivity contribution is 4.94. The van der Waals surface area contributed by atoms with Crippen molar-refractivity contribution in [2.75, 3.05) is 19.8 Å². The Bertz CT molecular complexity index is 218. The van der Waals surface area contributed by atoms with Crippen LogP contribution in [-0.4, -0.2) is 25.8 Å². The second-order valence-corrected chi connectivity index (χ2v) is 4.46. The number of nitriles is 1. The van der Waals surface area contributed by atoms with Gasteiger partial charge in [0.2, 0.25) is 0 Å². The molecule has 14 heavy (non-hydrogen) atoms. The molecule has 0 aliphatic carbocycles. The summed E-state index contributed by atoms with van der Waals surface area (Å²) in [5.41, 5.74) is 0. The molecule has 2 saturated heterocycles. The Kier molecular flexibility index (Phi) is 3.39. The van der Waals surface area contributed by atoms with Crippen molar-refractivity contribution in [2.24, 2.45) is 11.8 Å². The summed E-state index contributed by atoms with van der Waals surface area (Å²) in [6.07, 6.45) is 4.69. The van der Waals surface area contributed by atoms with Crippen LogP contribution in [0.2, 0.25) is 0 Å². The lowest BCUT2D eigenvalue weighted by atomic mass is 9.91. The van der Waals surface area contributed by atoms with Crippen LogP contribution in [0.4, 0.5) is 0 Å². The topological polar surface area (TPSA) is 45.0 Å². The van der Waals surface area contributed by atoms with Crippen LogP contribution in [0.3, 0.4) is 0 Å². The smallest absolute Gasteiger partial charge is 0.0669 e. The van der Waals surface area contributed by atoms with Crippen molar-refractivity contribution in [3.8, 4) is 6.07 Å². The lowest BCUT2D eigenvalue weighted by Crippen LogP contribution is -2.27. The second-order valence-electron chi connectivity index (χ2n) is 4.46. The molecule has 2 aliphatic rings. The summed E-state index contributed by atoms with van der Waals surface area (Å²) in [7, 11) is 0. The number of hydrogen-bond donors (Lipinski definition) is 1. The Morgan fingerprint density at radius 2 is 2.14 bits per heavy atom. The van der Waals surface area contributed by atoms with E-state index in [1.165, 1.54) is 19.3 Å². The molecule has 2 unspecified atom stereocenters. The molecule has 2 fully saturated rings. The maximum atomic E-state index is 8.78. The minimum atomic E-state index is 0.250. The van der Waals surface area contributed by atoms with Gasteiger partial charge in [0.05, 0.1) is 12.0 Å². The molecule has 3 heteroatoms. The lowest BCUT2D eigenvalue weighted by molar-refractivity contribution is 0.0612. The standard InChI is InChI=1S/C11H18N2O/c12-7-10-6-11(13-8-10)5-9-1-3-14-4-2-9/h9-11,13H,1-6,8H2. The lowest BCUT2D eigenvalue weighted by Gasteiger charge is -2.24. The van der Waals surface area contributed by atoms with Crippen molar-refractivity contribution in [2.45, 2.75) is 31.7 Å². The Hall–Kier alpha value is -0.590. The molecule has 78 valence electrons. The maximum absolute atomic E-state index is 8.78. The van der Waals surface area contributed by atoms with Crippen LogP contribution in [0.25, 0.3) is 0 Å². The normalized spacial score (nSPS) is 34.2. The zero-order chi connectivity index (χ0) is 9.80. The van der Waals surface area contributed by atoms with E-state index in [1.807, 2.05) is 0 Å². The molecule has 0 amide bonds. The van der Waals surface area contributed by atoms with E-state index in [0.29, 0.717) is 6.04 Å². The van der Waals surface area contributed by atoms with Gasteiger partial charge in [-0.05, 0) is 31.6 Å². The van der Waals surface area contributed by atoms with E-state index in [2.05, 4.69) is 11.4 Å². The number of nitrogens with one attached hydrogen (secondary N) is 1. The molecule has 2 atom stereocenters. The summed E-state index contributed by atoms with van der Waals surface area (Å²) >= 11 is 0. The van der Waals surface area contributed by atoms with Crippen LogP contribution in [0.15, 0.2) is 0 Å². The van der Waals surface area contributed by atoms with Gasteiger partial charge in [0.15, 0.2) is 0 Å². The third-order valence-corrected chi connectivity index (χ3v) is 3.36. The van der Waals surface area contributed by atoms with E-state index in [-0.39, 0.29) is 5.92 Å². The van der Waals surface area contributed by atoms with Gasteiger partial charge < -0.3 is 10.1 Å². The van der Waals surface area contributed by atoms with Gasteiger partial charge >= 0.3 is 0 Å². The first kappa shape index (κ1) is 9.95. The number of nitrogens with zero attached hydrogens (tertiary/aromatic N) is 1. The Balaban J connectivity index is 1.73. The molecule has 0 aromatic carbocycles. The molecule has 0 aromatic rings. The van der Waals surface area contributed by atoms with E-state index < -0.39 is 0 Å². The number of hydrogen-bond acceptors (Lipinski definition) is 3. The predicted octanol–water partition coefficient (Wildman–Crippen LogP) is 1.30. The van der Waals surface area contributed by atoms with Crippen molar-refractivity contribution in [1.29, 1.82) is 5.26 Å². The average Bonchev–Trinajstić information content (AvgIpc) is 2.67. The molecule has 0 spiro atoms. The summed E-state index contributed by atoms with van der Waals surface area (Å²) in [6.45, 7) is 2.75. The minimum Gasteiger partial charge on any atom is -0.381 e. The van der Waals surface area contributed by atoms with Gasteiger partial charge in [0.1, 0.15) is 0 Å². The van der Waals surface area contributed by atoms with Crippen molar-refractivity contribution < 1.29 is 4.74 Å². The van der Waals surface area contributed by atoms with Crippen molar-refractivity contribution >= 4 is 0 Å². The third-order valence-electron chi connectivity index (χ3n) is 3.36. The monoisotopic (exact) mass is 194 g/mol. The van der Waals surface area contributed by atoms with Crippen LogP contribution in [0.1, 0.15) is 25.7 Å². The molecule has 1 N–H and O–H groups in total. The third kappa shape index (κ3) is 2.46. The highest BCUT2D eigenvalue weighted by atomic mass is 16.5. The fourth-order valence-corrected chi connectivity index (χ4v) is 2.48. The first-order chi connectivity index (χ1) is 6.88. The highest BCUT2D eigenvalue weighted by Crippen LogP contribution is 2.25. The van der Waals surface area contributed by atoms with Crippen LogP contribution < -0.4 is 5.32 Å².